The smallest absolute Gasteiger partial charge is 0.384 e. The van der Waals surface area contributed by atoms with Crippen LogP contribution in [0.1, 0.15) is 11.9 Å². The maximum atomic E-state index is 12.4. The largest absolute Gasteiger partial charge is 0.490 e. The van der Waals surface area contributed by atoms with Crippen molar-refractivity contribution in [1.29, 1.82) is 0 Å². The molecule has 3 aromatic rings. The molecule has 5 unspecified atom stereocenters. The Balaban J connectivity index is 1.58. The first-order valence-corrected chi connectivity index (χ1v) is 15.7. The molecule has 0 bridgehead atoms. The fourth-order valence-corrected chi connectivity index (χ4v) is 7.15. The van der Waals surface area contributed by atoms with E-state index in [4.69, 9.17) is 19.7 Å². The van der Waals surface area contributed by atoms with Gasteiger partial charge >= 0.3 is 29.1 Å². The molecule has 4 rings (SSSR count). The molecule has 1 aliphatic rings. The SMILES string of the molecule is COP(=O)(O)OP(=O)(O)OP(=O)(O)OC[C@@H]1O[C@H]([n+]2cn(C)c3c(=O)[nH]c(N)nc32)C(O)C1OCc1cn(C)nn1. The minimum Gasteiger partial charge on any atom is -0.384 e. The molecule has 0 spiro atoms. The monoisotopic (exact) mass is 647 g/mol. The molecule has 228 valence electrons. The number of hydrogen-bond acceptors (Lipinski definition) is 15. The maximum Gasteiger partial charge on any atom is 0.490 e. The Kier molecular flexibility index (Phi) is 8.99. The fourth-order valence-electron chi connectivity index (χ4n) is 3.89. The zero-order valence-corrected chi connectivity index (χ0v) is 24.0. The number of H-pyrrole nitrogens is 1. The number of hydrogen-bond donors (Lipinski definition) is 6. The second kappa shape index (κ2) is 11.7. The lowest BCUT2D eigenvalue weighted by atomic mass is 10.1. The molecule has 0 radical (unpaired) electrons. The van der Waals surface area contributed by atoms with E-state index in [-0.39, 0.29) is 23.7 Å². The standard InChI is InChI=1S/C16H25N8O14P3/c1-22-7-24(13-10(22)14(26)19-16(17)18-13)15-11(25)12(34-5-8-4-23(2)21-20-8)9(36-15)6-35-40(29,30)38-41(31,32)37-39(27,28)33-3/h4,7,9,11-12,15,25H,5-6H2,1-3H3,(H5-,17,18,19,26,27,28,29,30,31,32)/p+1/t9-,11?,12?,15-/m0/s1. The Morgan fingerprint density at radius 3 is 2.49 bits per heavy atom. The van der Waals surface area contributed by atoms with Crippen LogP contribution < -0.4 is 15.9 Å². The molecule has 41 heavy (non-hydrogen) atoms. The third-order valence-electron chi connectivity index (χ3n) is 5.49. The minimum atomic E-state index is -5.66. The highest BCUT2D eigenvalue weighted by atomic mass is 31.3. The van der Waals surface area contributed by atoms with Gasteiger partial charge in [-0.05, 0) is 0 Å². The number of rotatable bonds is 12. The summed E-state index contributed by atoms with van der Waals surface area (Å²) < 4.78 is 68.0. The van der Waals surface area contributed by atoms with Crippen molar-refractivity contribution in [3.63, 3.8) is 0 Å². The molecule has 3 aromatic heterocycles. The number of imidazole rings is 1. The van der Waals surface area contributed by atoms with Gasteiger partial charge in [0.25, 0.3) is 11.5 Å². The molecule has 22 nitrogen and oxygen atoms in total. The van der Waals surface area contributed by atoms with E-state index in [9.17, 15) is 38.3 Å². The summed E-state index contributed by atoms with van der Waals surface area (Å²) in [5.74, 6) is -0.222. The van der Waals surface area contributed by atoms with E-state index in [1.165, 1.54) is 33.4 Å². The molecule has 25 heteroatoms. The van der Waals surface area contributed by atoms with Crippen molar-refractivity contribution in [2.24, 2.45) is 14.1 Å². The summed E-state index contributed by atoms with van der Waals surface area (Å²) in [6, 6.07) is 0. The Morgan fingerprint density at radius 2 is 1.85 bits per heavy atom. The Bertz CT molecular complexity index is 1620. The second-order valence-corrected chi connectivity index (χ2v) is 13.3. The van der Waals surface area contributed by atoms with E-state index in [1.54, 1.807) is 7.05 Å². The van der Waals surface area contributed by atoms with Crippen molar-refractivity contribution >= 4 is 40.6 Å². The number of nitrogens with one attached hydrogen (secondary N) is 1. The van der Waals surface area contributed by atoms with Crippen LogP contribution in [0.25, 0.3) is 11.2 Å². The molecule has 1 fully saturated rings. The predicted molar refractivity (Wildman–Crippen MR) is 130 cm³/mol. The van der Waals surface area contributed by atoms with Crippen LogP contribution in [-0.2, 0) is 61.5 Å². The van der Waals surface area contributed by atoms with Gasteiger partial charge in [-0.1, -0.05) is 10.2 Å². The van der Waals surface area contributed by atoms with E-state index in [2.05, 4.69) is 33.4 Å². The van der Waals surface area contributed by atoms with Crippen molar-refractivity contribution < 1.29 is 65.2 Å². The summed E-state index contributed by atoms with van der Waals surface area (Å²) in [5, 5.41) is 18.8. The Labute approximate surface area is 229 Å². The highest BCUT2D eigenvalue weighted by Gasteiger charge is 2.50. The van der Waals surface area contributed by atoms with Crippen LogP contribution in [0.2, 0.25) is 0 Å². The summed E-state index contributed by atoms with van der Waals surface area (Å²) in [4.78, 5) is 47.6. The minimum absolute atomic E-state index is 0.0214. The van der Waals surface area contributed by atoms with Crippen molar-refractivity contribution in [2.75, 3.05) is 19.5 Å². The summed E-state index contributed by atoms with van der Waals surface area (Å²) in [6.07, 6.45) is -2.59. The van der Waals surface area contributed by atoms with Gasteiger partial charge in [-0.3, -0.25) is 28.1 Å². The Morgan fingerprint density at radius 1 is 1.17 bits per heavy atom. The molecule has 0 amide bonds. The van der Waals surface area contributed by atoms with Gasteiger partial charge in [0.1, 0.15) is 24.0 Å². The predicted octanol–water partition coefficient (Wildman–Crippen LogP) is -1.90. The molecule has 0 aromatic carbocycles. The van der Waals surface area contributed by atoms with Gasteiger partial charge in [-0.2, -0.15) is 8.62 Å². The van der Waals surface area contributed by atoms with Gasteiger partial charge in [-0.25, -0.2) is 18.3 Å². The van der Waals surface area contributed by atoms with Gasteiger partial charge in [0.2, 0.25) is 11.7 Å². The number of ether oxygens (including phenoxy) is 2. The van der Waals surface area contributed by atoms with Crippen LogP contribution in [0.5, 0.6) is 0 Å². The quantitative estimate of drug-likeness (QED) is 0.0924. The first-order valence-electron chi connectivity index (χ1n) is 11.2. The molecule has 4 heterocycles. The first kappa shape index (κ1) is 31.5. The lowest BCUT2D eigenvalue weighted by Crippen LogP contribution is -2.46. The van der Waals surface area contributed by atoms with Crippen LogP contribution >= 0.6 is 23.5 Å². The third kappa shape index (κ3) is 7.33. The summed E-state index contributed by atoms with van der Waals surface area (Å²) in [6.45, 7) is -1.10. The van der Waals surface area contributed by atoms with Crippen LogP contribution in [0, 0.1) is 0 Å². The number of nitrogens with two attached hydrogens (primary N) is 1. The van der Waals surface area contributed by atoms with Gasteiger partial charge < -0.3 is 35.0 Å². The molecule has 1 aliphatic heterocycles. The topological polar surface area (TPSA) is 299 Å². The van der Waals surface area contributed by atoms with Gasteiger partial charge in [0.15, 0.2) is 6.33 Å². The fraction of sp³-hybridized carbons (Fsp3) is 0.562. The highest BCUT2D eigenvalue weighted by molar-refractivity contribution is 7.66. The van der Waals surface area contributed by atoms with Crippen LogP contribution in [0.4, 0.5) is 5.95 Å². The second-order valence-electron chi connectivity index (χ2n) is 8.52. The lowest BCUT2D eigenvalue weighted by molar-refractivity contribution is -0.745. The number of phosphoric ester groups is 2. The maximum absolute atomic E-state index is 12.4. The van der Waals surface area contributed by atoms with Crippen molar-refractivity contribution in [3.8, 4) is 0 Å². The van der Waals surface area contributed by atoms with E-state index in [0.29, 0.717) is 12.8 Å². The molecule has 0 aliphatic carbocycles. The van der Waals surface area contributed by atoms with Gasteiger partial charge in [0, 0.05) is 14.2 Å². The van der Waals surface area contributed by atoms with Crippen LogP contribution in [0.3, 0.4) is 0 Å². The normalized spacial score (nSPS) is 25.6. The molecular formula is C16H26N8O14P3+. The molecule has 1 saturated heterocycles. The number of aliphatic hydroxyl groups is 1. The first-order chi connectivity index (χ1) is 19.0. The summed E-state index contributed by atoms with van der Waals surface area (Å²) in [5.41, 5.74) is 5.55. The number of aryl methyl sites for hydroxylation is 2. The number of phosphoric acid groups is 3. The van der Waals surface area contributed by atoms with E-state index in [0.717, 1.165) is 0 Å². The van der Waals surface area contributed by atoms with Crippen molar-refractivity contribution in [3.05, 3.63) is 28.6 Å². The molecule has 7 atom stereocenters. The van der Waals surface area contributed by atoms with E-state index >= 15 is 0 Å². The van der Waals surface area contributed by atoms with E-state index in [1.807, 2.05) is 0 Å². The Hall–Kier alpha value is -2.42. The number of nitrogens with zero attached hydrogens (tertiary/aromatic N) is 6. The molecule has 0 saturated carbocycles. The number of nitrogen functional groups attached to an aromatic ring is 1. The number of fused-ring (bicyclic) bond motifs is 1. The number of anilines is 1. The van der Waals surface area contributed by atoms with Crippen LogP contribution in [0.15, 0.2) is 17.3 Å². The molecular weight excluding hydrogens is 621 g/mol. The zero-order chi connectivity index (χ0) is 30.3. The third-order valence-corrected chi connectivity index (χ3v) is 9.73. The van der Waals surface area contributed by atoms with Gasteiger partial charge in [0.05, 0.1) is 26.5 Å². The average Bonchev–Trinajstić information content (AvgIpc) is 3.50. The number of aromatic amines is 1. The summed E-state index contributed by atoms with van der Waals surface area (Å²) >= 11 is 0. The lowest BCUT2D eigenvalue weighted by Gasteiger charge is -2.21. The number of aliphatic hydroxyl groups excluding tert-OH is 1. The zero-order valence-electron chi connectivity index (χ0n) is 21.4. The number of aromatic nitrogens is 7. The highest BCUT2D eigenvalue weighted by Crippen LogP contribution is 2.67. The van der Waals surface area contributed by atoms with Gasteiger partial charge in [-0.15, -0.1) is 5.10 Å². The van der Waals surface area contributed by atoms with Crippen molar-refractivity contribution in [1.82, 2.24) is 29.5 Å². The molecule has 7 N–H and O–H groups in total. The van der Waals surface area contributed by atoms with Crippen LogP contribution in [-0.4, -0.2) is 81.3 Å². The van der Waals surface area contributed by atoms with E-state index < -0.39 is 60.2 Å². The van der Waals surface area contributed by atoms with Crippen molar-refractivity contribution in [2.45, 2.75) is 31.1 Å². The summed E-state index contributed by atoms with van der Waals surface area (Å²) in [7, 11) is -12.4. The average molecular weight is 647 g/mol.